The molecular formula is C17H32N2O. The lowest BCUT2D eigenvalue weighted by atomic mass is 9.84. The first-order valence-electron chi connectivity index (χ1n) is 8.73. The summed E-state index contributed by atoms with van der Waals surface area (Å²) in [6, 6.07) is 0. The van der Waals surface area contributed by atoms with Gasteiger partial charge >= 0.3 is 0 Å². The van der Waals surface area contributed by atoms with Crippen LogP contribution in [0.25, 0.3) is 0 Å². The van der Waals surface area contributed by atoms with Crippen molar-refractivity contribution < 1.29 is 4.79 Å². The van der Waals surface area contributed by atoms with Crippen LogP contribution in [0.4, 0.5) is 0 Å². The largest absolute Gasteiger partial charge is 0.356 e. The van der Waals surface area contributed by atoms with Gasteiger partial charge in [-0.05, 0) is 50.1 Å². The number of carbonyl (C=O) groups is 1. The number of nitrogens with one attached hydrogen (secondary N) is 2. The normalized spacial score (nSPS) is 23.4. The van der Waals surface area contributed by atoms with E-state index in [9.17, 15) is 4.79 Å². The molecule has 1 aliphatic heterocycles. The minimum Gasteiger partial charge on any atom is -0.356 e. The number of amides is 1. The summed E-state index contributed by atoms with van der Waals surface area (Å²) in [6.07, 6.45) is 11.3. The fourth-order valence-corrected chi connectivity index (χ4v) is 3.84. The minimum atomic E-state index is 0.270. The topological polar surface area (TPSA) is 41.1 Å². The zero-order valence-electron chi connectivity index (χ0n) is 13.1. The lowest BCUT2D eigenvalue weighted by molar-refractivity contribution is -0.122. The molecule has 116 valence electrons. The third-order valence-corrected chi connectivity index (χ3v) is 5.30. The quantitative estimate of drug-likeness (QED) is 0.785. The maximum absolute atomic E-state index is 12.0. The van der Waals surface area contributed by atoms with Crippen LogP contribution in [0.5, 0.6) is 0 Å². The fraction of sp³-hybridized carbons (Fsp3) is 0.941. The fourth-order valence-electron chi connectivity index (χ4n) is 3.84. The predicted molar refractivity (Wildman–Crippen MR) is 83.6 cm³/mol. The Bertz CT molecular complexity index is 281. The summed E-state index contributed by atoms with van der Waals surface area (Å²) in [7, 11) is 0. The highest BCUT2D eigenvalue weighted by Crippen LogP contribution is 2.26. The molecule has 1 atom stereocenters. The van der Waals surface area contributed by atoms with E-state index in [1.54, 1.807) is 0 Å². The molecule has 1 amide bonds. The maximum atomic E-state index is 12.0. The van der Waals surface area contributed by atoms with Crippen molar-refractivity contribution in [2.45, 2.75) is 64.7 Å². The molecule has 0 aromatic carbocycles. The van der Waals surface area contributed by atoms with E-state index >= 15 is 0 Å². The second-order valence-corrected chi connectivity index (χ2v) is 6.91. The van der Waals surface area contributed by atoms with Gasteiger partial charge in [0.15, 0.2) is 0 Å². The lowest BCUT2D eigenvalue weighted by Gasteiger charge is -2.28. The summed E-state index contributed by atoms with van der Waals surface area (Å²) in [5.41, 5.74) is 0. The Labute approximate surface area is 124 Å². The summed E-state index contributed by atoms with van der Waals surface area (Å²) in [5.74, 6) is 2.41. The van der Waals surface area contributed by atoms with E-state index in [0.717, 1.165) is 37.9 Å². The molecule has 1 aliphatic carbocycles. The number of rotatable bonds is 6. The first kappa shape index (κ1) is 15.8. The average Bonchev–Trinajstić information content (AvgIpc) is 2.49. The van der Waals surface area contributed by atoms with Crippen LogP contribution in [0.2, 0.25) is 0 Å². The number of hydrogen-bond donors (Lipinski definition) is 2. The predicted octanol–water partition coefficient (Wildman–Crippen LogP) is 3.10. The van der Waals surface area contributed by atoms with E-state index in [1.807, 2.05) is 0 Å². The van der Waals surface area contributed by atoms with Crippen molar-refractivity contribution in [3.8, 4) is 0 Å². The van der Waals surface area contributed by atoms with Gasteiger partial charge in [0.1, 0.15) is 0 Å². The molecule has 0 spiro atoms. The molecule has 0 radical (unpaired) electrons. The van der Waals surface area contributed by atoms with Gasteiger partial charge in [-0.1, -0.05) is 39.0 Å². The van der Waals surface area contributed by atoms with E-state index in [-0.39, 0.29) is 5.91 Å². The van der Waals surface area contributed by atoms with E-state index in [1.165, 1.54) is 51.4 Å². The van der Waals surface area contributed by atoms with Crippen molar-refractivity contribution in [1.29, 1.82) is 0 Å². The molecule has 1 saturated heterocycles. The van der Waals surface area contributed by atoms with Crippen molar-refractivity contribution in [3.63, 3.8) is 0 Å². The van der Waals surface area contributed by atoms with Crippen LogP contribution >= 0.6 is 0 Å². The molecule has 1 saturated carbocycles. The number of carbonyl (C=O) groups excluding carboxylic acids is 1. The van der Waals surface area contributed by atoms with Crippen molar-refractivity contribution in [2.75, 3.05) is 19.6 Å². The van der Waals surface area contributed by atoms with Gasteiger partial charge in [0.05, 0.1) is 0 Å². The van der Waals surface area contributed by atoms with Gasteiger partial charge < -0.3 is 10.6 Å². The Morgan fingerprint density at radius 2 is 1.85 bits per heavy atom. The zero-order chi connectivity index (χ0) is 14.2. The highest BCUT2D eigenvalue weighted by molar-refractivity contribution is 5.76. The molecule has 2 fully saturated rings. The third kappa shape index (κ3) is 5.43. The van der Waals surface area contributed by atoms with Crippen LogP contribution in [0.3, 0.4) is 0 Å². The van der Waals surface area contributed by atoms with E-state index in [4.69, 9.17) is 0 Å². The van der Waals surface area contributed by atoms with E-state index < -0.39 is 0 Å². The SMILES string of the molecule is CC(CC(=O)NCCC1CCCCC1)C1CCNCC1. The first-order chi connectivity index (χ1) is 9.75. The Kier molecular flexibility index (Phi) is 6.85. The van der Waals surface area contributed by atoms with Gasteiger partial charge in [0, 0.05) is 13.0 Å². The van der Waals surface area contributed by atoms with Gasteiger partial charge in [-0.25, -0.2) is 0 Å². The van der Waals surface area contributed by atoms with Gasteiger partial charge in [0.2, 0.25) is 5.91 Å². The highest BCUT2D eigenvalue weighted by Gasteiger charge is 2.22. The molecule has 2 aliphatic rings. The second kappa shape index (κ2) is 8.66. The molecule has 3 heteroatoms. The smallest absolute Gasteiger partial charge is 0.220 e. The third-order valence-electron chi connectivity index (χ3n) is 5.30. The molecule has 3 nitrogen and oxygen atoms in total. The van der Waals surface area contributed by atoms with Crippen LogP contribution in [0.15, 0.2) is 0 Å². The van der Waals surface area contributed by atoms with Gasteiger partial charge in [-0.15, -0.1) is 0 Å². The molecule has 1 heterocycles. The molecular weight excluding hydrogens is 248 g/mol. The minimum absolute atomic E-state index is 0.270. The molecule has 1 unspecified atom stereocenters. The summed E-state index contributed by atoms with van der Waals surface area (Å²) in [5, 5.41) is 6.54. The monoisotopic (exact) mass is 280 g/mol. The summed E-state index contributed by atoms with van der Waals surface area (Å²) in [4.78, 5) is 12.0. The Hall–Kier alpha value is -0.570. The van der Waals surface area contributed by atoms with Crippen molar-refractivity contribution >= 4 is 5.91 Å². The van der Waals surface area contributed by atoms with Crippen LogP contribution < -0.4 is 10.6 Å². The Morgan fingerprint density at radius 3 is 2.55 bits per heavy atom. The average molecular weight is 280 g/mol. The number of piperidine rings is 1. The molecule has 20 heavy (non-hydrogen) atoms. The van der Waals surface area contributed by atoms with Crippen molar-refractivity contribution in [2.24, 2.45) is 17.8 Å². The maximum Gasteiger partial charge on any atom is 0.220 e. The molecule has 2 rings (SSSR count). The molecule has 0 aromatic rings. The summed E-state index contributed by atoms with van der Waals surface area (Å²) >= 11 is 0. The molecule has 0 aromatic heterocycles. The van der Waals surface area contributed by atoms with Crippen LogP contribution in [-0.2, 0) is 4.79 Å². The standard InChI is InChI=1S/C17H32N2O/c1-14(16-8-10-18-11-9-16)13-17(20)19-12-7-15-5-3-2-4-6-15/h14-16,18H,2-13H2,1H3,(H,19,20). The molecule has 2 N–H and O–H groups in total. The lowest BCUT2D eigenvalue weighted by Crippen LogP contribution is -2.34. The van der Waals surface area contributed by atoms with Crippen molar-refractivity contribution in [3.05, 3.63) is 0 Å². The van der Waals surface area contributed by atoms with Crippen LogP contribution in [0, 0.1) is 17.8 Å². The van der Waals surface area contributed by atoms with Gasteiger partial charge in [-0.3, -0.25) is 4.79 Å². The highest BCUT2D eigenvalue weighted by atomic mass is 16.1. The number of hydrogen-bond acceptors (Lipinski definition) is 2. The van der Waals surface area contributed by atoms with Crippen LogP contribution in [0.1, 0.15) is 64.7 Å². The van der Waals surface area contributed by atoms with Gasteiger partial charge in [-0.2, -0.15) is 0 Å². The van der Waals surface area contributed by atoms with E-state index in [0.29, 0.717) is 5.92 Å². The van der Waals surface area contributed by atoms with Crippen molar-refractivity contribution in [1.82, 2.24) is 10.6 Å². The van der Waals surface area contributed by atoms with E-state index in [2.05, 4.69) is 17.6 Å². The Morgan fingerprint density at radius 1 is 1.15 bits per heavy atom. The Balaban J connectivity index is 1.57. The first-order valence-corrected chi connectivity index (χ1v) is 8.73. The van der Waals surface area contributed by atoms with Crippen LogP contribution in [-0.4, -0.2) is 25.5 Å². The summed E-state index contributed by atoms with van der Waals surface area (Å²) in [6.45, 7) is 5.38. The summed E-state index contributed by atoms with van der Waals surface area (Å²) < 4.78 is 0. The zero-order valence-corrected chi connectivity index (χ0v) is 13.1. The molecule has 0 bridgehead atoms. The van der Waals surface area contributed by atoms with Gasteiger partial charge in [0.25, 0.3) is 0 Å². The second-order valence-electron chi connectivity index (χ2n) is 6.91.